The van der Waals surface area contributed by atoms with Crippen LogP contribution in [-0.2, 0) is 29.3 Å². The predicted molar refractivity (Wildman–Crippen MR) is 163 cm³/mol. The Labute approximate surface area is 242 Å². The van der Waals surface area contributed by atoms with Crippen molar-refractivity contribution in [3.8, 4) is 5.75 Å². The number of anilines is 1. The van der Waals surface area contributed by atoms with Gasteiger partial charge in [-0.05, 0) is 80.3 Å². The van der Waals surface area contributed by atoms with Crippen molar-refractivity contribution in [3.63, 3.8) is 0 Å². The third kappa shape index (κ3) is 9.11. The molecule has 0 bridgehead atoms. The lowest BCUT2D eigenvalue weighted by Crippen LogP contribution is -2.41. The number of nitrogens with one attached hydrogen (secondary N) is 1. The second-order valence-electron chi connectivity index (χ2n) is 10.3. The molecule has 0 spiro atoms. The number of ether oxygens (including phenoxy) is 1. The van der Waals surface area contributed by atoms with Crippen LogP contribution in [0.1, 0.15) is 30.0 Å². The van der Waals surface area contributed by atoms with Crippen molar-refractivity contribution in [2.75, 3.05) is 51.3 Å². The van der Waals surface area contributed by atoms with Crippen LogP contribution in [0, 0.1) is 0 Å². The predicted octanol–water partition coefficient (Wildman–Crippen LogP) is 5.11. The second kappa shape index (κ2) is 14.9. The van der Waals surface area contributed by atoms with Gasteiger partial charge in [0.05, 0.1) is 6.54 Å². The molecule has 40 heavy (non-hydrogen) atoms. The van der Waals surface area contributed by atoms with Gasteiger partial charge in [-0.1, -0.05) is 36.4 Å². The number of rotatable bonds is 11. The van der Waals surface area contributed by atoms with Gasteiger partial charge in [0, 0.05) is 49.2 Å². The molecule has 3 aromatic carbocycles. The fourth-order valence-electron chi connectivity index (χ4n) is 4.85. The zero-order chi connectivity index (χ0) is 28.3. The number of amides is 2. The van der Waals surface area contributed by atoms with Crippen molar-refractivity contribution >= 4 is 29.3 Å². The lowest BCUT2D eigenvalue weighted by molar-refractivity contribution is -0.133. The smallest absolute Gasteiger partial charge is 0.237 e. The molecular formula is C32H40N4O3S. The van der Waals surface area contributed by atoms with Crippen molar-refractivity contribution in [1.82, 2.24) is 14.7 Å². The summed E-state index contributed by atoms with van der Waals surface area (Å²) in [5.41, 5.74) is 4.02. The van der Waals surface area contributed by atoms with Crippen LogP contribution in [0.2, 0.25) is 0 Å². The average Bonchev–Trinajstić information content (AvgIpc) is 3.16. The first-order valence-corrected chi connectivity index (χ1v) is 15.0. The summed E-state index contributed by atoms with van der Waals surface area (Å²) >= 11 is 1.68. The van der Waals surface area contributed by atoms with E-state index >= 15 is 0 Å². The average molecular weight is 561 g/mol. The molecule has 8 heteroatoms. The third-order valence-corrected chi connectivity index (χ3v) is 7.87. The summed E-state index contributed by atoms with van der Waals surface area (Å²) < 4.78 is 6.10. The summed E-state index contributed by atoms with van der Waals surface area (Å²) in [5.74, 6) is 0.781. The molecule has 0 aliphatic carbocycles. The van der Waals surface area contributed by atoms with E-state index in [4.69, 9.17) is 4.74 Å². The lowest BCUT2D eigenvalue weighted by Gasteiger charge is -2.27. The van der Waals surface area contributed by atoms with Gasteiger partial charge in [0.25, 0.3) is 0 Å². The van der Waals surface area contributed by atoms with E-state index in [9.17, 15) is 9.59 Å². The van der Waals surface area contributed by atoms with E-state index in [0.717, 1.165) is 65.6 Å². The SMILES string of the molecule is CSc1ccc(CN(Cc2ccccc2)C(=O)CN2CCCN(C)CC2)cc1COc1ccc(NC(C)=O)cc1. The summed E-state index contributed by atoms with van der Waals surface area (Å²) in [6.45, 7) is 7.38. The van der Waals surface area contributed by atoms with Crippen LogP contribution in [0.25, 0.3) is 0 Å². The molecule has 0 unspecified atom stereocenters. The highest BCUT2D eigenvalue weighted by Gasteiger charge is 2.20. The van der Waals surface area contributed by atoms with E-state index in [1.807, 2.05) is 47.4 Å². The second-order valence-corrected chi connectivity index (χ2v) is 11.2. The molecule has 1 fully saturated rings. The number of hydrogen-bond donors (Lipinski definition) is 1. The lowest BCUT2D eigenvalue weighted by atomic mass is 10.1. The number of nitrogens with zero attached hydrogens (tertiary/aromatic N) is 3. The molecule has 1 aliphatic heterocycles. The quantitative estimate of drug-likeness (QED) is 0.329. The van der Waals surface area contributed by atoms with Gasteiger partial charge in [-0.3, -0.25) is 14.5 Å². The Morgan fingerprint density at radius 3 is 2.40 bits per heavy atom. The van der Waals surface area contributed by atoms with E-state index in [0.29, 0.717) is 26.2 Å². The van der Waals surface area contributed by atoms with Crippen LogP contribution in [0.15, 0.2) is 77.7 Å². The molecule has 4 rings (SSSR count). The largest absolute Gasteiger partial charge is 0.489 e. The monoisotopic (exact) mass is 560 g/mol. The first-order chi connectivity index (χ1) is 19.4. The highest BCUT2D eigenvalue weighted by Crippen LogP contribution is 2.25. The fourth-order valence-corrected chi connectivity index (χ4v) is 5.43. The van der Waals surface area contributed by atoms with E-state index in [1.54, 1.807) is 11.8 Å². The molecule has 7 nitrogen and oxygen atoms in total. The van der Waals surface area contributed by atoms with Gasteiger partial charge >= 0.3 is 0 Å². The zero-order valence-electron chi connectivity index (χ0n) is 23.8. The Bertz CT molecular complexity index is 1250. The van der Waals surface area contributed by atoms with Crippen LogP contribution in [0.4, 0.5) is 5.69 Å². The molecule has 0 atom stereocenters. The fraction of sp³-hybridized carbons (Fsp3) is 0.375. The van der Waals surface area contributed by atoms with E-state index in [1.165, 1.54) is 6.92 Å². The minimum atomic E-state index is -0.103. The maximum Gasteiger partial charge on any atom is 0.237 e. The maximum atomic E-state index is 13.6. The van der Waals surface area contributed by atoms with Gasteiger partial charge in [-0.15, -0.1) is 11.8 Å². The number of carbonyl (C=O) groups is 2. The molecule has 1 aliphatic rings. The number of benzene rings is 3. The minimum absolute atomic E-state index is 0.103. The van der Waals surface area contributed by atoms with Gasteiger partial charge < -0.3 is 19.9 Å². The van der Waals surface area contributed by atoms with Crippen molar-refractivity contribution in [3.05, 3.63) is 89.5 Å². The van der Waals surface area contributed by atoms with E-state index in [2.05, 4.69) is 58.8 Å². The minimum Gasteiger partial charge on any atom is -0.489 e. The van der Waals surface area contributed by atoms with Crippen LogP contribution >= 0.6 is 11.8 Å². The van der Waals surface area contributed by atoms with Crippen LogP contribution in [0.5, 0.6) is 5.75 Å². The highest BCUT2D eigenvalue weighted by atomic mass is 32.2. The van der Waals surface area contributed by atoms with Gasteiger partial charge in [-0.25, -0.2) is 0 Å². The third-order valence-electron chi connectivity index (χ3n) is 7.03. The summed E-state index contributed by atoms with van der Waals surface area (Å²) in [4.78, 5) is 32.7. The molecule has 1 N–H and O–H groups in total. The van der Waals surface area contributed by atoms with Gasteiger partial charge in [0.2, 0.25) is 11.8 Å². The molecule has 212 valence electrons. The van der Waals surface area contributed by atoms with E-state index < -0.39 is 0 Å². The Morgan fingerprint density at radius 2 is 1.68 bits per heavy atom. The number of hydrogen-bond acceptors (Lipinski definition) is 6. The number of thioether (sulfide) groups is 1. The standard InChI is InChI=1S/C32H40N4O3S/c1-25(37)33-29-11-13-30(14-12-29)39-24-28-20-27(10-15-31(28)40-3)22-36(21-26-8-5-4-6-9-26)32(38)23-35-17-7-16-34(2)18-19-35/h4-6,8-15,20H,7,16-19,21-24H2,1-3H3,(H,33,37). The zero-order valence-corrected chi connectivity index (χ0v) is 24.6. The Balaban J connectivity index is 1.47. The Hall–Kier alpha value is -3.33. The normalized spacial score (nSPS) is 14.4. The summed E-state index contributed by atoms with van der Waals surface area (Å²) in [7, 11) is 2.15. The maximum absolute atomic E-state index is 13.6. The van der Waals surface area contributed by atoms with Crippen molar-refractivity contribution < 1.29 is 14.3 Å². The molecule has 3 aromatic rings. The van der Waals surface area contributed by atoms with Gasteiger partial charge in [0.15, 0.2) is 0 Å². The Morgan fingerprint density at radius 1 is 0.925 bits per heavy atom. The molecular weight excluding hydrogens is 520 g/mol. The van der Waals surface area contributed by atoms with Crippen LogP contribution in [-0.4, -0.2) is 72.5 Å². The summed E-state index contributed by atoms with van der Waals surface area (Å²) in [6.07, 6.45) is 3.14. The van der Waals surface area contributed by atoms with Crippen molar-refractivity contribution in [2.45, 2.75) is 37.9 Å². The highest BCUT2D eigenvalue weighted by molar-refractivity contribution is 7.98. The van der Waals surface area contributed by atoms with Crippen LogP contribution < -0.4 is 10.1 Å². The first kappa shape index (κ1) is 29.6. The van der Waals surface area contributed by atoms with Crippen LogP contribution in [0.3, 0.4) is 0 Å². The molecule has 1 saturated heterocycles. The summed E-state index contributed by atoms with van der Waals surface area (Å²) in [6, 6.07) is 24.0. The summed E-state index contributed by atoms with van der Waals surface area (Å²) in [5, 5.41) is 2.77. The molecule has 2 amide bonds. The molecule has 0 aromatic heterocycles. The molecule has 0 radical (unpaired) electrons. The molecule has 0 saturated carbocycles. The molecule has 1 heterocycles. The van der Waals surface area contributed by atoms with Crippen molar-refractivity contribution in [1.29, 1.82) is 0 Å². The van der Waals surface area contributed by atoms with Gasteiger partial charge in [-0.2, -0.15) is 0 Å². The number of likely N-dealkylation sites (N-methyl/N-ethyl adjacent to an activating group) is 1. The van der Waals surface area contributed by atoms with E-state index in [-0.39, 0.29) is 11.8 Å². The Kier molecular flexibility index (Phi) is 11.0. The van der Waals surface area contributed by atoms with Crippen molar-refractivity contribution in [2.24, 2.45) is 0 Å². The van der Waals surface area contributed by atoms with Gasteiger partial charge in [0.1, 0.15) is 12.4 Å². The number of carbonyl (C=O) groups excluding carboxylic acids is 2. The first-order valence-electron chi connectivity index (χ1n) is 13.8. The topological polar surface area (TPSA) is 65.1 Å².